The Labute approximate surface area is 187 Å². The number of hydrogen-bond donors (Lipinski definition) is 2. The molecule has 174 valence electrons. The highest BCUT2D eigenvalue weighted by Gasteiger charge is 2.43. The fourth-order valence-corrected chi connectivity index (χ4v) is 4.52. The minimum atomic E-state index is -4.67. The zero-order valence-corrected chi connectivity index (χ0v) is 18.1. The molecule has 0 fully saturated rings. The third-order valence-electron chi connectivity index (χ3n) is 4.61. The molecule has 2 unspecified atom stereocenters. The van der Waals surface area contributed by atoms with Gasteiger partial charge in [0.05, 0.1) is 11.3 Å². The number of aryl methyl sites for hydroxylation is 1. The summed E-state index contributed by atoms with van der Waals surface area (Å²) in [5, 5.41) is 11.4. The molecule has 0 saturated carbocycles. The smallest absolute Gasteiger partial charge is 0.369 e. The summed E-state index contributed by atoms with van der Waals surface area (Å²) in [5.41, 5.74) is 4.30. The lowest BCUT2D eigenvalue weighted by Gasteiger charge is -2.35. The van der Waals surface area contributed by atoms with Gasteiger partial charge in [0, 0.05) is 6.20 Å². The van der Waals surface area contributed by atoms with Crippen molar-refractivity contribution in [2.24, 2.45) is 10.7 Å². The number of nitrogens with one attached hydrogen (secondary N) is 1. The second-order valence-corrected chi connectivity index (χ2v) is 8.72. The van der Waals surface area contributed by atoms with Crippen LogP contribution >= 0.6 is 0 Å². The maximum Gasteiger partial charge on any atom is 0.407 e. The number of carbonyl (C=O) groups is 1. The van der Waals surface area contributed by atoms with E-state index in [1.54, 1.807) is 6.92 Å². The summed E-state index contributed by atoms with van der Waals surface area (Å²) in [4.78, 5) is 24.5. The van der Waals surface area contributed by atoms with E-state index in [9.17, 15) is 26.6 Å². The maximum atomic E-state index is 14.6. The predicted octanol–water partition coefficient (Wildman–Crippen LogP) is 2.12. The van der Waals surface area contributed by atoms with Crippen LogP contribution in [0.25, 0.3) is 0 Å². The fraction of sp³-hybridized carbons (Fsp3) is 0.316. The highest BCUT2D eigenvalue weighted by atomic mass is 32.2. The Morgan fingerprint density at radius 2 is 2.12 bits per heavy atom. The number of hydrogen-bond acceptors (Lipinski definition) is 7. The van der Waals surface area contributed by atoms with Gasteiger partial charge in [0.1, 0.15) is 52.2 Å². The van der Waals surface area contributed by atoms with Gasteiger partial charge in [-0.15, -0.1) is 0 Å². The number of aliphatic imine (C=N–C) groups is 1. The van der Waals surface area contributed by atoms with Crippen molar-refractivity contribution in [3.8, 4) is 6.07 Å². The highest BCUT2D eigenvalue weighted by Crippen LogP contribution is 2.33. The second kappa shape index (κ2) is 8.74. The van der Waals surface area contributed by atoms with Crippen molar-refractivity contribution in [1.29, 1.82) is 5.26 Å². The van der Waals surface area contributed by atoms with Crippen molar-refractivity contribution in [1.82, 2.24) is 14.3 Å². The van der Waals surface area contributed by atoms with Crippen molar-refractivity contribution < 1.29 is 26.6 Å². The van der Waals surface area contributed by atoms with Crippen LogP contribution in [0.3, 0.4) is 0 Å². The van der Waals surface area contributed by atoms with Gasteiger partial charge in [-0.05, 0) is 37.6 Å². The molecule has 14 heteroatoms. The van der Waals surface area contributed by atoms with E-state index in [1.165, 1.54) is 25.3 Å². The Hall–Kier alpha value is -3.60. The monoisotopic (exact) mass is 483 g/mol. The lowest BCUT2D eigenvalue weighted by atomic mass is 10.00. The number of halogens is 4. The molecular weight excluding hydrogens is 466 g/mol. The number of nitrogens with two attached hydrogens (primary N) is 1. The summed E-state index contributed by atoms with van der Waals surface area (Å²) in [6.45, 7) is 1.33. The maximum absolute atomic E-state index is 14.6. The standard InChI is InChI=1S/C19H17F4N7O2S/c1-10-5-11(6-24)7-26-14(10)16(31)28-13-4-3-12(20)15(27-13)18(2)9-33(32)30(17(25)29-18)8-19(21,22)23/h3-5,7H,8-9H2,1-2H3,(H2,25,29)(H,27,28,31). The molecule has 0 aromatic carbocycles. The van der Waals surface area contributed by atoms with Crippen LogP contribution < -0.4 is 11.1 Å². The molecule has 0 bridgehead atoms. The lowest BCUT2D eigenvalue weighted by Crippen LogP contribution is -2.52. The van der Waals surface area contributed by atoms with Crippen LogP contribution in [0, 0.1) is 24.1 Å². The first-order valence-corrected chi connectivity index (χ1v) is 10.5. The first kappa shape index (κ1) is 24.1. The molecule has 33 heavy (non-hydrogen) atoms. The Bertz CT molecular complexity index is 1210. The van der Waals surface area contributed by atoms with Crippen molar-refractivity contribution in [3.05, 3.63) is 52.7 Å². The Morgan fingerprint density at radius 1 is 1.42 bits per heavy atom. The number of rotatable bonds is 4. The van der Waals surface area contributed by atoms with Crippen LogP contribution in [-0.4, -0.2) is 48.8 Å². The third kappa shape index (κ3) is 5.25. The largest absolute Gasteiger partial charge is 0.407 e. The van der Waals surface area contributed by atoms with Gasteiger partial charge in [0.25, 0.3) is 5.91 Å². The van der Waals surface area contributed by atoms with E-state index in [4.69, 9.17) is 11.0 Å². The molecule has 0 aliphatic carbocycles. The normalized spacial score (nSPS) is 20.7. The van der Waals surface area contributed by atoms with Gasteiger partial charge in [0.2, 0.25) is 5.96 Å². The van der Waals surface area contributed by atoms with Crippen LogP contribution in [0.15, 0.2) is 29.4 Å². The molecule has 9 nitrogen and oxygen atoms in total. The van der Waals surface area contributed by atoms with Crippen LogP contribution in [0.1, 0.15) is 34.2 Å². The van der Waals surface area contributed by atoms with Crippen molar-refractivity contribution in [3.63, 3.8) is 0 Å². The number of amides is 1. The molecule has 3 N–H and O–H groups in total. The number of anilines is 1. The van der Waals surface area contributed by atoms with Crippen molar-refractivity contribution >= 4 is 28.7 Å². The van der Waals surface area contributed by atoms with Crippen molar-refractivity contribution in [2.75, 3.05) is 17.6 Å². The molecule has 2 aromatic rings. The van der Waals surface area contributed by atoms with Gasteiger partial charge < -0.3 is 11.1 Å². The molecule has 3 rings (SSSR count). The van der Waals surface area contributed by atoms with Crippen molar-refractivity contribution in [2.45, 2.75) is 25.6 Å². The molecule has 3 heterocycles. The molecule has 0 saturated heterocycles. The quantitative estimate of drug-likeness (QED) is 0.639. The molecular formula is C19H17F4N7O2S. The number of nitriles is 1. The number of aromatic nitrogens is 2. The topological polar surface area (TPSA) is 137 Å². The zero-order chi connectivity index (χ0) is 24.6. The van der Waals surface area contributed by atoms with Crippen LogP contribution in [0.5, 0.6) is 0 Å². The first-order chi connectivity index (χ1) is 15.3. The van der Waals surface area contributed by atoms with Crippen LogP contribution in [-0.2, 0) is 16.5 Å². The summed E-state index contributed by atoms with van der Waals surface area (Å²) in [5.74, 6) is -2.84. The zero-order valence-electron chi connectivity index (χ0n) is 17.3. The average molecular weight is 483 g/mol. The molecule has 2 aromatic heterocycles. The molecule has 1 aliphatic heterocycles. The number of pyridine rings is 2. The van der Waals surface area contributed by atoms with E-state index in [0.29, 0.717) is 9.87 Å². The molecule has 1 amide bonds. The van der Waals surface area contributed by atoms with E-state index < -0.39 is 52.7 Å². The summed E-state index contributed by atoms with van der Waals surface area (Å²) < 4.78 is 65.6. The van der Waals surface area contributed by atoms with Gasteiger partial charge in [-0.3, -0.25) is 9.10 Å². The van der Waals surface area contributed by atoms with Crippen LogP contribution in [0.4, 0.5) is 23.4 Å². The van der Waals surface area contributed by atoms with Gasteiger partial charge in [-0.2, -0.15) is 18.4 Å². The summed E-state index contributed by atoms with van der Waals surface area (Å²) in [6, 6.07) is 5.52. The highest BCUT2D eigenvalue weighted by molar-refractivity contribution is 7.83. The average Bonchev–Trinajstić information content (AvgIpc) is 2.71. The minimum absolute atomic E-state index is 0.0108. The Balaban J connectivity index is 1.91. The predicted molar refractivity (Wildman–Crippen MR) is 111 cm³/mol. The number of alkyl halides is 3. The summed E-state index contributed by atoms with van der Waals surface area (Å²) in [6.07, 6.45) is -3.46. The third-order valence-corrected chi connectivity index (χ3v) is 6.23. The van der Waals surface area contributed by atoms with E-state index in [-0.39, 0.29) is 22.8 Å². The summed E-state index contributed by atoms with van der Waals surface area (Å²) >= 11 is 0. The van der Waals surface area contributed by atoms with Gasteiger partial charge in [0.15, 0.2) is 0 Å². The fourth-order valence-electron chi connectivity index (χ4n) is 3.14. The van der Waals surface area contributed by atoms with Gasteiger partial charge in [-0.1, -0.05) is 0 Å². The number of nitrogens with zero attached hydrogens (tertiary/aromatic N) is 5. The van der Waals surface area contributed by atoms with E-state index in [1.807, 2.05) is 6.07 Å². The molecule has 0 radical (unpaired) electrons. The number of guanidine groups is 1. The summed E-state index contributed by atoms with van der Waals surface area (Å²) in [7, 11) is -2.26. The van der Waals surface area contributed by atoms with E-state index in [0.717, 1.165) is 6.07 Å². The Morgan fingerprint density at radius 3 is 2.70 bits per heavy atom. The van der Waals surface area contributed by atoms with Gasteiger partial charge >= 0.3 is 6.18 Å². The SMILES string of the molecule is Cc1cc(C#N)cnc1C(=O)Nc1ccc(F)c(C2(C)CS(=O)N(CC(F)(F)F)C(N)=N2)n1. The molecule has 0 spiro atoms. The molecule has 1 aliphatic rings. The Kier molecular flexibility index (Phi) is 6.37. The molecule has 2 atom stereocenters. The van der Waals surface area contributed by atoms with Gasteiger partial charge in [-0.25, -0.2) is 23.6 Å². The minimum Gasteiger partial charge on any atom is -0.369 e. The van der Waals surface area contributed by atoms with E-state index in [2.05, 4.69) is 20.3 Å². The second-order valence-electron chi connectivity index (χ2n) is 7.34. The number of carbonyl (C=O) groups excluding carboxylic acids is 1. The van der Waals surface area contributed by atoms with Crippen LogP contribution in [0.2, 0.25) is 0 Å². The lowest BCUT2D eigenvalue weighted by molar-refractivity contribution is -0.130. The van der Waals surface area contributed by atoms with E-state index >= 15 is 0 Å². The first-order valence-electron chi connectivity index (χ1n) is 9.26.